The van der Waals surface area contributed by atoms with Crippen molar-refractivity contribution in [1.82, 2.24) is 9.88 Å². The molecule has 2 N–H and O–H groups in total. The van der Waals surface area contributed by atoms with Crippen LogP contribution in [0.25, 0.3) is 11.0 Å². The van der Waals surface area contributed by atoms with Crippen LogP contribution in [0.15, 0.2) is 21.2 Å². The second kappa shape index (κ2) is 8.02. The summed E-state index contributed by atoms with van der Waals surface area (Å²) in [6.07, 6.45) is 9.10. The summed E-state index contributed by atoms with van der Waals surface area (Å²) in [5, 5.41) is 23.8. The second-order valence-corrected chi connectivity index (χ2v) is 9.25. The van der Waals surface area contributed by atoms with Crippen LogP contribution in [0.2, 0.25) is 0 Å². The number of rotatable bonds is 3. The predicted molar refractivity (Wildman–Crippen MR) is 112 cm³/mol. The van der Waals surface area contributed by atoms with Crippen molar-refractivity contribution in [3.63, 3.8) is 0 Å². The van der Waals surface area contributed by atoms with Crippen molar-refractivity contribution in [2.75, 3.05) is 18.4 Å². The first kappa shape index (κ1) is 19.7. The minimum absolute atomic E-state index is 0.298. The van der Waals surface area contributed by atoms with Crippen molar-refractivity contribution in [2.24, 2.45) is 0 Å². The smallest absolute Gasteiger partial charge is 0.204 e. The van der Waals surface area contributed by atoms with Crippen LogP contribution in [0.5, 0.6) is 0 Å². The molecule has 1 saturated heterocycles. The Morgan fingerprint density at radius 2 is 2.11 bits per heavy atom. The minimum Gasteiger partial charge on any atom is -0.444 e. The number of anilines is 1. The van der Waals surface area contributed by atoms with Crippen molar-refractivity contribution in [3.05, 3.63) is 22.5 Å². The standard InChI is InChI=1S/C21H27BrN4O2/c1-21(27)7-2-9-26(10-8-21)15-5-3-14(4-6-15)25-20-19(22)17-11-16(12-23)28-18(17)13-24-20/h11,13-15,27H,2-10H2,1H3,(H,24,25)/t14?,15?,21-/m0/s1. The average Bonchev–Trinajstić information content (AvgIpc) is 3.03. The van der Waals surface area contributed by atoms with Gasteiger partial charge < -0.3 is 19.7 Å². The van der Waals surface area contributed by atoms with Crippen LogP contribution in [0.1, 0.15) is 57.6 Å². The Morgan fingerprint density at radius 3 is 2.86 bits per heavy atom. The number of nitriles is 1. The molecule has 0 amide bonds. The number of aliphatic hydroxyl groups is 1. The maximum absolute atomic E-state index is 10.3. The van der Waals surface area contributed by atoms with Crippen molar-refractivity contribution in [1.29, 1.82) is 5.26 Å². The third kappa shape index (κ3) is 4.19. The molecule has 150 valence electrons. The molecule has 2 aromatic rings. The molecule has 0 aromatic carbocycles. The minimum atomic E-state index is -0.497. The summed E-state index contributed by atoms with van der Waals surface area (Å²) in [6.45, 7) is 4.07. The lowest BCUT2D eigenvalue weighted by Gasteiger charge is -2.37. The number of likely N-dealkylation sites (tertiary alicyclic amines) is 1. The highest BCUT2D eigenvalue weighted by molar-refractivity contribution is 9.10. The van der Waals surface area contributed by atoms with Gasteiger partial charge >= 0.3 is 0 Å². The lowest BCUT2D eigenvalue weighted by atomic mass is 9.90. The summed E-state index contributed by atoms with van der Waals surface area (Å²) in [6, 6.07) is 4.80. The number of hydrogen-bond acceptors (Lipinski definition) is 6. The Labute approximate surface area is 174 Å². The van der Waals surface area contributed by atoms with Crippen LogP contribution in [0.3, 0.4) is 0 Å². The summed E-state index contributed by atoms with van der Waals surface area (Å²) in [5.41, 5.74) is 0.123. The van der Waals surface area contributed by atoms with E-state index in [0.29, 0.717) is 23.4 Å². The highest BCUT2D eigenvalue weighted by atomic mass is 79.9. The van der Waals surface area contributed by atoms with E-state index in [4.69, 9.17) is 9.68 Å². The maximum Gasteiger partial charge on any atom is 0.204 e. The number of fused-ring (bicyclic) bond motifs is 1. The lowest BCUT2D eigenvalue weighted by Crippen LogP contribution is -2.41. The van der Waals surface area contributed by atoms with Crippen molar-refractivity contribution < 1.29 is 9.52 Å². The van der Waals surface area contributed by atoms with E-state index in [1.165, 1.54) is 12.8 Å². The molecule has 6 nitrogen and oxygen atoms in total. The molecule has 1 atom stereocenters. The first-order valence-corrected chi connectivity index (χ1v) is 11.0. The van der Waals surface area contributed by atoms with E-state index in [-0.39, 0.29) is 0 Å². The van der Waals surface area contributed by atoms with Gasteiger partial charge in [-0.2, -0.15) is 5.26 Å². The monoisotopic (exact) mass is 446 g/mol. The van der Waals surface area contributed by atoms with E-state index in [9.17, 15) is 5.11 Å². The molecular weight excluding hydrogens is 420 g/mol. The Morgan fingerprint density at radius 1 is 1.32 bits per heavy atom. The van der Waals surface area contributed by atoms with Crippen molar-refractivity contribution in [3.8, 4) is 6.07 Å². The fourth-order valence-corrected chi connectivity index (χ4v) is 5.09. The van der Waals surface area contributed by atoms with Gasteiger partial charge in [-0.05, 0) is 74.3 Å². The Hall–Kier alpha value is -1.62. The van der Waals surface area contributed by atoms with Crippen molar-refractivity contribution >= 4 is 32.7 Å². The molecule has 0 spiro atoms. The SMILES string of the molecule is C[C@]1(O)CCCN(C2CCC(Nc3ncc4oc(C#N)cc4c3Br)CC2)CC1. The van der Waals surface area contributed by atoms with Gasteiger partial charge in [0, 0.05) is 30.1 Å². The predicted octanol–water partition coefficient (Wildman–Crippen LogP) is 4.42. The summed E-state index contributed by atoms with van der Waals surface area (Å²) in [7, 11) is 0. The second-order valence-electron chi connectivity index (χ2n) is 8.46. The molecule has 4 rings (SSSR count). The molecule has 2 aromatic heterocycles. The number of hydrogen-bond donors (Lipinski definition) is 2. The zero-order valence-electron chi connectivity index (χ0n) is 16.2. The van der Waals surface area contributed by atoms with Gasteiger partial charge in [0.1, 0.15) is 11.9 Å². The molecule has 0 unspecified atom stereocenters. The van der Waals surface area contributed by atoms with Gasteiger partial charge in [-0.15, -0.1) is 0 Å². The molecule has 0 bridgehead atoms. The Balaban J connectivity index is 1.36. The van der Waals surface area contributed by atoms with E-state index in [1.807, 2.05) is 13.0 Å². The quantitative estimate of drug-likeness (QED) is 0.725. The Bertz CT molecular complexity index is 880. The molecule has 1 saturated carbocycles. The molecule has 7 heteroatoms. The van der Waals surface area contributed by atoms with Crippen LogP contribution in [-0.4, -0.2) is 45.8 Å². The summed E-state index contributed by atoms with van der Waals surface area (Å²) in [5.74, 6) is 1.11. The fourth-order valence-electron chi connectivity index (χ4n) is 4.56. The van der Waals surface area contributed by atoms with Gasteiger partial charge in [-0.3, -0.25) is 0 Å². The first-order chi connectivity index (χ1) is 13.4. The fraction of sp³-hybridized carbons (Fsp3) is 0.619. The molecule has 2 fully saturated rings. The zero-order chi connectivity index (χ0) is 19.7. The largest absolute Gasteiger partial charge is 0.444 e. The summed E-state index contributed by atoms with van der Waals surface area (Å²) >= 11 is 3.62. The van der Waals surface area contributed by atoms with Gasteiger partial charge in [0.05, 0.1) is 16.3 Å². The van der Waals surface area contributed by atoms with E-state index >= 15 is 0 Å². The van der Waals surface area contributed by atoms with Crippen LogP contribution in [0, 0.1) is 11.3 Å². The van der Waals surface area contributed by atoms with Crippen LogP contribution in [0.4, 0.5) is 5.82 Å². The van der Waals surface area contributed by atoms with E-state index in [2.05, 4.69) is 31.1 Å². The summed E-state index contributed by atoms with van der Waals surface area (Å²) in [4.78, 5) is 7.08. The Kier molecular flexibility index (Phi) is 5.64. The number of halogens is 1. The third-order valence-electron chi connectivity index (χ3n) is 6.28. The number of nitrogens with zero attached hydrogens (tertiary/aromatic N) is 3. The maximum atomic E-state index is 10.3. The number of nitrogens with one attached hydrogen (secondary N) is 1. The number of aromatic nitrogens is 1. The average molecular weight is 447 g/mol. The van der Waals surface area contributed by atoms with E-state index < -0.39 is 5.60 Å². The molecule has 0 radical (unpaired) electrons. The van der Waals surface area contributed by atoms with Gasteiger partial charge in [0.15, 0.2) is 5.58 Å². The molecule has 2 aliphatic rings. The van der Waals surface area contributed by atoms with Crippen molar-refractivity contribution in [2.45, 2.75) is 69.6 Å². The van der Waals surface area contributed by atoms with Crippen LogP contribution >= 0.6 is 15.9 Å². The molecular formula is C21H27BrN4O2. The number of furan rings is 1. The van der Waals surface area contributed by atoms with E-state index in [0.717, 1.165) is 60.9 Å². The lowest BCUT2D eigenvalue weighted by molar-refractivity contribution is 0.0418. The van der Waals surface area contributed by atoms with Gasteiger partial charge in [-0.1, -0.05) is 0 Å². The van der Waals surface area contributed by atoms with Gasteiger partial charge in [0.25, 0.3) is 0 Å². The normalized spacial score (nSPS) is 29.4. The van der Waals surface area contributed by atoms with E-state index in [1.54, 1.807) is 12.3 Å². The topological polar surface area (TPSA) is 85.3 Å². The highest BCUT2D eigenvalue weighted by Crippen LogP contribution is 2.34. The molecule has 3 heterocycles. The molecule has 1 aliphatic carbocycles. The third-order valence-corrected chi connectivity index (χ3v) is 7.08. The van der Waals surface area contributed by atoms with Crippen LogP contribution in [-0.2, 0) is 0 Å². The summed E-state index contributed by atoms with van der Waals surface area (Å²) < 4.78 is 6.30. The first-order valence-electron chi connectivity index (χ1n) is 10.2. The molecule has 1 aliphatic heterocycles. The number of pyridine rings is 1. The van der Waals surface area contributed by atoms with Gasteiger partial charge in [-0.25, -0.2) is 4.98 Å². The molecule has 28 heavy (non-hydrogen) atoms. The zero-order valence-corrected chi connectivity index (χ0v) is 17.8. The van der Waals surface area contributed by atoms with Crippen LogP contribution < -0.4 is 5.32 Å². The highest BCUT2D eigenvalue weighted by Gasteiger charge is 2.31. The van der Waals surface area contributed by atoms with Gasteiger partial charge in [0.2, 0.25) is 5.76 Å².